The van der Waals surface area contributed by atoms with Crippen LogP contribution in [0.5, 0.6) is 0 Å². The third kappa shape index (κ3) is 2.97. The summed E-state index contributed by atoms with van der Waals surface area (Å²) in [5.74, 6) is -0.325. The van der Waals surface area contributed by atoms with Gasteiger partial charge >= 0.3 is 0 Å². The third-order valence-electron chi connectivity index (χ3n) is 2.01. The molecule has 0 spiro atoms. The molecule has 2 rings (SSSR count). The maximum atomic E-state index is 12.8. The van der Waals surface area contributed by atoms with E-state index in [1.807, 2.05) is 11.4 Å². The van der Waals surface area contributed by atoms with E-state index in [9.17, 15) is 4.39 Å². The van der Waals surface area contributed by atoms with Crippen molar-refractivity contribution >= 4 is 44.6 Å². The van der Waals surface area contributed by atoms with Crippen molar-refractivity contribution in [2.45, 2.75) is 6.54 Å². The molecule has 2 aromatic rings. The quantitative estimate of drug-likeness (QED) is 0.847. The van der Waals surface area contributed by atoms with Gasteiger partial charge < -0.3 is 5.32 Å². The van der Waals surface area contributed by atoms with E-state index in [2.05, 4.69) is 21.2 Å². The highest BCUT2D eigenvalue weighted by molar-refractivity contribution is 9.10. The summed E-state index contributed by atoms with van der Waals surface area (Å²) >= 11 is 10.9. The highest BCUT2D eigenvalue weighted by Gasteiger charge is 2.02. The van der Waals surface area contributed by atoms with Crippen molar-refractivity contribution in [3.63, 3.8) is 0 Å². The highest BCUT2D eigenvalue weighted by atomic mass is 79.9. The van der Waals surface area contributed by atoms with Crippen molar-refractivity contribution in [1.29, 1.82) is 0 Å². The molecule has 0 unspecified atom stereocenters. The van der Waals surface area contributed by atoms with Crippen molar-refractivity contribution < 1.29 is 4.39 Å². The van der Waals surface area contributed by atoms with Crippen LogP contribution in [-0.4, -0.2) is 0 Å². The Morgan fingerprint density at radius 1 is 1.38 bits per heavy atom. The van der Waals surface area contributed by atoms with Crippen LogP contribution in [0.15, 0.2) is 34.1 Å². The van der Waals surface area contributed by atoms with E-state index in [-0.39, 0.29) is 5.82 Å². The van der Waals surface area contributed by atoms with Crippen molar-refractivity contribution in [1.82, 2.24) is 0 Å². The maximum Gasteiger partial charge on any atom is 0.124 e. The van der Waals surface area contributed by atoms with Crippen LogP contribution in [0.2, 0.25) is 5.02 Å². The minimum Gasteiger partial charge on any atom is -0.379 e. The summed E-state index contributed by atoms with van der Waals surface area (Å²) in [6.45, 7) is 0.682. The molecule has 16 heavy (non-hydrogen) atoms. The van der Waals surface area contributed by atoms with Gasteiger partial charge in [-0.15, -0.1) is 11.3 Å². The zero-order valence-corrected chi connectivity index (χ0v) is 11.3. The molecule has 1 aromatic carbocycles. The molecule has 84 valence electrons. The van der Waals surface area contributed by atoms with Gasteiger partial charge in [0.1, 0.15) is 5.82 Å². The number of nitrogens with one attached hydrogen (secondary N) is 1. The van der Waals surface area contributed by atoms with Gasteiger partial charge in [0.25, 0.3) is 0 Å². The van der Waals surface area contributed by atoms with E-state index < -0.39 is 0 Å². The van der Waals surface area contributed by atoms with Gasteiger partial charge in [-0.1, -0.05) is 11.6 Å². The van der Waals surface area contributed by atoms with Crippen LogP contribution in [0.25, 0.3) is 0 Å². The Morgan fingerprint density at radius 2 is 2.19 bits per heavy atom. The summed E-state index contributed by atoms with van der Waals surface area (Å²) in [6.07, 6.45) is 0. The number of hydrogen-bond donors (Lipinski definition) is 1. The topological polar surface area (TPSA) is 12.0 Å². The Morgan fingerprint density at radius 3 is 2.81 bits per heavy atom. The van der Waals surface area contributed by atoms with Crippen molar-refractivity contribution in [3.8, 4) is 0 Å². The predicted molar refractivity (Wildman–Crippen MR) is 70.8 cm³/mol. The number of thiophene rings is 1. The highest BCUT2D eigenvalue weighted by Crippen LogP contribution is 2.25. The van der Waals surface area contributed by atoms with E-state index in [0.29, 0.717) is 11.6 Å². The zero-order valence-electron chi connectivity index (χ0n) is 8.14. The molecule has 0 amide bonds. The maximum absolute atomic E-state index is 12.8. The van der Waals surface area contributed by atoms with E-state index >= 15 is 0 Å². The molecular weight excluding hydrogens is 313 g/mol. The smallest absolute Gasteiger partial charge is 0.124 e. The lowest BCUT2D eigenvalue weighted by atomic mass is 10.3. The molecular formula is C11H8BrClFNS. The molecule has 1 N–H and O–H groups in total. The number of hydrogen-bond acceptors (Lipinski definition) is 2. The Bertz CT molecular complexity index is 500. The zero-order chi connectivity index (χ0) is 11.5. The van der Waals surface area contributed by atoms with Gasteiger partial charge in [-0.3, -0.25) is 0 Å². The van der Waals surface area contributed by atoms with Gasteiger partial charge in [0.05, 0.1) is 10.7 Å². The Hall–Kier alpha value is -0.580. The Balaban J connectivity index is 2.04. The van der Waals surface area contributed by atoms with Crippen LogP contribution in [0.1, 0.15) is 4.88 Å². The average Bonchev–Trinajstić information content (AvgIpc) is 2.63. The number of halogens is 3. The van der Waals surface area contributed by atoms with Gasteiger partial charge in [-0.25, -0.2) is 4.39 Å². The first-order valence-electron chi connectivity index (χ1n) is 4.57. The second kappa shape index (κ2) is 5.17. The van der Waals surface area contributed by atoms with Gasteiger partial charge in [0.15, 0.2) is 0 Å². The van der Waals surface area contributed by atoms with E-state index in [0.717, 1.165) is 10.2 Å². The van der Waals surface area contributed by atoms with Crippen molar-refractivity contribution in [2.24, 2.45) is 0 Å². The normalized spacial score (nSPS) is 10.4. The summed E-state index contributed by atoms with van der Waals surface area (Å²) < 4.78 is 13.9. The fourth-order valence-electron chi connectivity index (χ4n) is 1.26. The first-order valence-corrected chi connectivity index (χ1v) is 6.62. The lowest BCUT2D eigenvalue weighted by Gasteiger charge is -2.06. The third-order valence-corrected chi connectivity index (χ3v) is 4.02. The molecule has 0 aliphatic heterocycles. The molecule has 0 fully saturated rings. The lowest BCUT2D eigenvalue weighted by molar-refractivity contribution is 0.628. The Labute approximate surface area is 110 Å². The predicted octanol–water partition coefficient (Wildman–Crippen LogP) is 4.92. The SMILES string of the molecule is Fc1ccc(NCc2cc(Br)cs2)c(Cl)c1. The molecule has 0 saturated heterocycles. The molecule has 5 heteroatoms. The second-order valence-electron chi connectivity index (χ2n) is 3.21. The molecule has 0 aliphatic carbocycles. The molecule has 0 saturated carbocycles. The van der Waals surface area contributed by atoms with Gasteiger partial charge in [0.2, 0.25) is 0 Å². The summed E-state index contributed by atoms with van der Waals surface area (Å²) in [4.78, 5) is 1.19. The molecule has 0 atom stereocenters. The van der Waals surface area contributed by atoms with E-state index in [1.54, 1.807) is 17.4 Å². The summed E-state index contributed by atoms with van der Waals surface area (Å²) in [6, 6.07) is 6.36. The van der Waals surface area contributed by atoms with E-state index in [4.69, 9.17) is 11.6 Å². The van der Waals surface area contributed by atoms with Crippen LogP contribution in [0.3, 0.4) is 0 Å². The average molecular weight is 321 g/mol. The summed E-state index contributed by atoms with van der Waals surface area (Å²) in [7, 11) is 0. The van der Waals surface area contributed by atoms with Crippen LogP contribution >= 0.6 is 38.9 Å². The van der Waals surface area contributed by atoms with Crippen LogP contribution in [-0.2, 0) is 6.54 Å². The molecule has 1 nitrogen and oxygen atoms in total. The monoisotopic (exact) mass is 319 g/mol. The standard InChI is InChI=1S/C11H8BrClFNS/c12-7-3-9(16-6-7)5-15-11-2-1-8(14)4-10(11)13/h1-4,6,15H,5H2. The number of benzene rings is 1. The molecule has 1 heterocycles. The van der Waals surface area contributed by atoms with Crippen molar-refractivity contribution in [2.75, 3.05) is 5.32 Å². The van der Waals surface area contributed by atoms with Gasteiger partial charge in [-0.05, 0) is 40.2 Å². The number of rotatable bonds is 3. The Kier molecular flexibility index (Phi) is 3.84. The van der Waals surface area contributed by atoms with Gasteiger partial charge in [-0.2, -0.15) is 0 Å². The van der Waals surface area contributed by atoms with E-state index in [1.165, 1.54) is 17.0 Å². The van der Waals surface area contributed by atoms with Crippen LogP contribution < -0.4 is 5.32 Å². The molecule has 0 radical (unpaired) electrons. The van der Waals surface area contributed by atoms with Crippen LogP contribution in [0.4, 0.5) is 10.1 Å². The first kappa shape index (κ1) is 11.9. The minimum absolute atomic E-state index is 0.325. The van der Waals surface area contributed by atoms with Crippen molar-refractivity contribution in [3.05, 3.63) is 49.8 Å². The molecule has 0 bridgehead atoms. The molecule has 0 aliphatic rings. The van der Waals surface area contributed by atoms with Gasteiger partial charge in [0, 0.05) is 21.3 Å². The summed E-state index contributed by atoms with van der Waals surface area (Å²) in [5.41, 5.74) is 0.743. The molecule has 1 aromatic heterocycles. The minimum atomic E-state index is -0.325. The second-order valence-corrected chi connectivity index (χ2v) is 5.53. The fourth-order valence-corrected chi connectivity index (χ4v) is 2.89. The van der Waals surface area contributed by atoms with Crippen LogP contribution in [0, 0.1) is 5.82 Å². The largest absolute Gasteiger partial charge is 0.379 e. The number of anilines is 1. The summed E-state index contributed by atoms with van der Waals surface area (Å²) in [5, 5.41) is 5.58. The fraction of sp³-hybridized carbons (Fsp3) is 0.0909. The first-order chi connectivity index (χ1) is 7.65. The lowest BCUT2D eigenvalue weighted by Crippen LogP contribution is -1.98.